The van der Waals surface area contributed by atoms with Crippen LogP contribution in [0.15, 0.2) is 4.79 Å². The summed E-state index contributed by atoms with van der Waals surface area (Å²) in [5.41, 5.74) is 1.24. The molecule has 5 rings (SSSR count). The van der Waals surface area contributed by atoms with Crippen LogP contribution in [0.1, 0.15) is 47.9 Å². The molecule has 0 radical (unpaired) electrons. The summed E-state index contributed by atoms with van der Waals surface area (Å²) < 4.78 is 0. The summed E-state index contributed by atoms with van der Waals surface area (Å²) in [4.78, 5) is 42.6. The SMILES string of the molecule is CN1CCN(CC(=O)N2CCC[C@@H](c3nc4sc5c(c4c(=O)[nH]3)CCCC5)C2)CC1. The number of nitrogens with one attached hydrogen (secondary N) is 1. The van der Waals surface area contributed by atoms with Gasteiger partial charge in [-0.25, -0.2) is 4.98 Å². The summed E-state index contributed by atoms with van der Waals surface area (Å²) in [5, 5.41) is 0.817. The van der Waals surface area contributed by atoms with Gasteiger partial charge >= 0.3 is 0 Å². The van der Waals surface area contributed by atoms with Gasteiger partial charge in [0.05, 0.1) is 11.9 Å². The fraction of sp³-hybridized carbons (Fsp3) is 0.682. The molecule has 1 aliphatic carbocycles. The molecule has 8 heteroatoms. The predicted octanol–water partition coefficient (Wildman–Crippen LogP) is 1.82. The van der Waals surface area contributed by atoms with Gasteiger partial charge in [-0.1, -0.05) is 0 Å². The Hall–Kier alpha value is -1.77. The molecule has 0 bridgehead atoms. The van der Waals surface area contributed by atoms with E-state index in [1.807, 2.05) is 4.90 Å². The number of aromatic amines is 1. The van der Waals surface area contributed by atoms with Crippen molar-refractivity contribution in [3.05, 3.63) is 26.6 Å². The van der Waals surface area contributed by atoms with E-state index in [1.54, 1.807) is 11.3 Å². The highest BCUT2D eigenvalue weighted by atomic mass is 32.1. The zero-order valence-corrected chi connectivity index (χ0v) is 18.6. The Morgan fingerprint density at radius 3 is 2.77 bits per heavy atom. The van der Waals surface area contributed by atoms with Crippen LogP contribution in [-0.4, -0.2) is 83.4 Å². The second kappa shape index (κ2) is 8.40. The highest BCUT2D eigenvalue weighted by molar-refractivity contribution is 7.18. The summed E-state index contributed by atoms with van der Waals surface area (Å²) in [7, 11) is 2.13. The third-order valence-corrected chi connectivity index (χ3v) is 8.14. The van der Waals surface area contributed by atoms with Gasteiger partial charge in [0.15, 0.2) is 0 Å². The van der Waals surface area contributed by atoms with Crippen LogP contribution in [0.25, 0.3) is 10.2 Å². The average Bonchev–Trinajstić information content (AvgIpc) is 3.14. The van der Waals surface area contributed by atoms with E-state index < -0.39 is 0 Å². The first-order valence-corrected chi connectivity index (χ1v) is 12.1. The number of thiophene rings is 1. The number of hydrogen-bond donors (Lipinski definition) is 1. The number of hydrogen-bond acceptors (Lipinski definition) is 6. The Balaban J connectivity index is 1.31. The van der Waals surface area contributed by atoms with Crippen molar-refractivity contribution in [2.75, 3.05) is 52.9 Å². The molecule has 3 aliphatic rings. The van der Waals surface area contributed by atoms with Gasteiger partial charge in [-0.3, -0.25) is 14.5 Å². The molecule has 2 fully saturated rings. The van der Waals surface area contributed by atoms with Gasteiger partial charge in [0, 0.05) is 50.1 Å². The van der Waals surface area contributed by atoms with E-state index in [1.165, 1.54) is 16.9 Å². The molecule has 7 nitrogen and oxygen atoms in total. The number of piperazine rings is 1. The van der Waals surface area contributed by atoms with Gasteiger partial charge in [0.25, 0.3) is 5.56 Å². The molecule has 0 saturated carbocycles. The van der Waals surface area contributed by atoms with Gasteiger partial charge in [0.2, 0.25) is 5.91 Å². The summed E-state index contributed by atoms with van der Waals surface area (Å²) in [5.74, 6) is 1.09. The predicted molar refractivity (Wildman–Crippen MR) is 119 cm³/mol. The minimum Gasteiger partial charge on any atom is -0.341 e. The Morgan fingerprint density at radius 2 is 1.93 bits per heavy atom. The Bertz CT molecular complexity index is 991. The molecule has 2 aliphatic heterocycles. The molecule has 1 N–H and O–H groups in total. The lowest BCUT2D eigenvalue weighted by molar-refractivity contribution is -0.134. The smallest absolute Gasteiger partial charge is 0.259 e. The van der Waals surface area contributed by atoms with Gasteiger partial charge in [-0.2, -0.15) is 0 Å². The summed E-state index contributed by atoms with van der Waals surface area (Å²) in [6.45, 7) is 5.91. The van der Waals surface area contributed by atoms with Crippen molar-refractivity contribution in [1.29, 1.82) is 0 Å². The van der Waals surface area contributed by atoms with E-state index in [0.717, 1.165) is 80.9 Å². The number of nitrogens with zero attached hydrogens (tertiary/aromatic N) is 4. The molecule has 2 aromatic rings. The quantitative estimate of drug-likeness (QED) is 0.806. The van der Waals surface area contributed by atoms with Crippen LogP contribution in [0.5, 0.6) is 0 Å². The van der Waals surface area contributed by atoms with Crippen molar-refractivity contribution in [3.63, 3.8) is 0 Å². The van der Waals surface area contributed by atoms with Crippen LogP contribution < -0.4 is 5.56 Å². The maximum absolute atomic E-state index is 12.9. The van der Waals surface area contributed by atoms with E-state index in [9.17, 15) is 9.59 Å². The molecule has 2 saturated heterocycles. The van der Waals surface area contributed by atoms with Crippen molar-refractivity contribution < 1.29 is 4.79 Å². The average molecular weight is 430 g/mol. The van der Waals surface area contributed by atoms with Crippen LogP contribution in [0.3, 0.4) is 0 Å². The standard InChI is InChI=1S/C22H31N5O2S/c1-25-9-11-26(12-10-25)14-18(28)27-8-4-5-15(13-27)20-23-21(29)19-16-6-2-3-7-17(16)30-22(19)24-20/h15H,2-14H2,1H3,(H,23,24,29)/t15-/m1/s1. The lowest BCUT2D eigenvalue weighted by Crippen LogP contribution is -2.50. The second-order valence-corrected chi connectivity index (χ2v) is 10.2. The molecular weight excluding hydrogens is 398 g/mol. The summed E-state index contributed by atoms with van der Waals surface area (Å²) >= 11 is 1.70. The molecule has 2 aromatic heterocycles. The van der Waals surface area contributed by atoms with E-state index in [0.29, 0.717) is 13.1 Å². The van der Waals surface area contributed by atoms with Crippen molar-refractivity contribution in [2.45, 2.75) is 44.4 Å². The molecule has 0 unspecified atom stereocenters. The van der Waals surface area contributed by atoms with Crippen molar-refractivity contribution in [1.82, 2.24) is 24.7 Å². The number of piperidine rings is 1. The molecule has 30 heavy (non-hydrogen) atoms. The first-order valence-electron chi connectivity index (χ1n) is 11.3. The third-order valence-electron chi connectivity index (χ3n) is 6.96. The highest BCUT2D eigenvalue weighted by Crippen LogP contribution is 2.34. The number of amides is 1. The zero-order valence-electron chi connectivity index (χ0n) is 17.8. The van der Waals surface area contributed by atoms with Crippen LogP contribution in [0.2, 0.25) is 0 Å². The molecular formula is C22H31N5O2S. The lowest BCUT2D eigenvalue weighted by atomic mass is 9.96. The van der Waals surface area contributed by atoms with Crippen LogP contribution in [-0.2, 0) is 17.6 Å². The zero-order chi connectivity index (χ0) is 20.7. The molecule has 162 valence electrons. The van der Waals surface area contributed by atoms with Gasteiger partial charge in [-0.05, 0) is 51.1 Å². The molecule has 1 atom stereocenters. The topological polar surface area (TPSA) is 72.5 Å². The van der Waals surface area contributed by atoms with Crippen LogP contribution >= 0.6 is 11.3 Å². The molecule has 0 spiro atoms. The fourth-order valence-electron chi connectivity index (χ4n) is 5.10. The third kappa shape index (κ3) is 3.92. The van der Waals surface area contributed by atoms with Crippen LogP contribution in [0, 0.1) is 0 Å². The molecule has 0 aromatic carbocycles. The van der Waals surface area contributed by atoms with E-state index in [2.05, 4.69) is 21.8 Å². The minimum absolute atomic E-state index is 0.00952. The number of fused-ring (bicyclic) bond motifs is 3. The van der Waals surface area contributed by atoms with Crippen molar-refractivity contribution in [2.24, 2.45) is 0 Å². The van der Waals surface area contributed by atoms with Crippen molar-refractivity contribution in [3.8, 4) is 0 Å². The Kier molecular flexibility index (Phi) is 5.64. The van der Waals surface area contributed by atoms with E-state index in [4.69, 9.17) is 4.98 Å². The number of likely N-dealkylation sites (N-methyl/N-ethyl adjacent to an activating group) is 1. The summed E-state index contributed by atoms with van der Waals surface area (Å²) in [6.07, 6.45) is 6.37. The first-order chi connectivity index (χ1) is 14.6. The normalized spacial score (nSPS) is 23.6. The van der Waals surface area contributed by atoms with Crippen LogP contribution in [0.4, 0.5) is 0 Å². The fourth-order valence-corrected chi connectivity index (χ4v) is 6.37. The number of H-pyrrole nitrogens is 1. The van der Waals surface area contributed by atoms with E-state index in [-0.39, 0.29) is 17.4 Å². The van der Waals surface area contributed by atoms with Gasteiger partial charge < -0.3 is 14.8 Å². The monoisotopic (exact) mass is 429 g/mol. The highest BCUT2D eigenvalue weighted by Gasteiger charge is 2.29. The van der Waals surface area contributed by atoms with Gasteiger partial charge in [0.1, 0.15) is 10.7 Å². The second-order valence-electron chi connectivity index (χ2n) is 9.10. The van der Waals surface area contributed by atoms with E-state index >= 15 is 0 Å². The first kappa shape index (κ1) is 20.2. The largest absolute Gasteiger partial charge is 0.341 e. The summed E-state index contributed by atoms with van der Waals surface area (Å²) in [6, 6.07) is 0. The Labute approximate surface area is 181 Å². The number of rotatable bonds is 3. The molecule has 4 heterocycles. The van der Waals surface area contributed by atoms with Crippen molar-refractivity contribution >= 4 is 27.5 Å². The number of likely N-dealkylation sites (tertiary alicyclic amines) is 1. The number of carbonyl (C=O) groups is 1. The number of carbonyl (C=O) groups excluding carboxylic acids is 1. The molecule has 1 amide bonds. The van der Waals surface area contributed by atoms with Gasteiger partial charge in [-0.15, -0.1) is 11.3 Å². The Morgan fingerprint density at radius 1 is 1.13 bits per heavy atom. The maximum Gasteiger partial charge on any atom is 0.259 e. The maximum atomic E-state index is 12.9. The lowest BCUT2D eigenvalue weighted by Gasteiger charge is -2.36. The number of aromatic nitrogens is 2. The minimum atomic E-state index is 0.00952. The number of aryl methyl sites for hydroxylation is 2.